The fourth-order valence-corrected chi connectivity index (χ4v) is 4.94. The first-order chi connectivity index (χ1) is 18.0. The van der Waals surface area contributed by atoms with Crippen LogP contribution in [0.1, 0.15) is 17.3 Å². The summed E-state index contributed by atoms with van der Waals surface area (Å²) in [6, 6.07) is 17.2. The molecule has 0 radical (unpaired) electrons. The van der Waals surface area contributed by atoms with Crippen LogP contribution in [0, 0.1) is 0 Å². The molecule has 190 valence electrons. The highest BCUT2D eigenvalue weighted by atomic mass is 35.5. The molecule has 2 N–H and O–H groups in total. The number of pyridine rings is 1. The number of H-pyrrole nitrogens is 1. The van der Waals surface area contributed by atoms with Crippen LogP contribution in [0.5, 0.6) is 6.01 Å². The summed E-state index contributed by atoms with van der Waals surface area (Å²) in [5.74, 6) is -0.334. The zero-order valence-electron chi connectivity index (χ0n) is 19.9. The third-order valence-corrected chi connectivity index (χ3v) is 6.83. The largest absolute Gasteiger partial charge is 0.462 e. The van der Waals surface area contributed by atoms with E-state index in [-0.39, 0.29) is 36.9 Å². The molecule has 10 heteroatoms. The first-order valence-corrected chi connectivity index (χ1v) is 12.4. The Bertz CT molecular complexity index is 1440. The van der Waals surface area contributed by atoms with Crippen LogP contribution >= 0.6 is 11.6 Å². The molecule has 4 heterocycles. The van der Waals surface area contributed by atoms with Crippen molar-refractivity contribution < 1.29 is 28.8 Å². The predicted molar refractivity (Wildman–Crippen MR) is 136 cm³/mol. The van der Waals surface area contributed by atoms with Crippen molar-refractivity contribution in [2.45, 2.75) is 31.3 Å². The number of ether oxygens (including phenoxy) is 4. The monoisotopic (exact) mass is 521 g/mol. The average Bonchev–Trinajstić information content (AvgIpc) is 3.60. The van der Waals surface area contributed by atoms with Crippen molar-refractivity contribution in [2.75, 3.05) is 19.8 Å². The van der Waals surface area contributed by atoms with E-state index in [9.17, 15) is 9.90 Å². The maximum Gasteiger partial charge on any atom is 0.338 e. The van der Waals surface area contributed by atoms with Gasteiger partial charge in [0.1, 0.15) is 18.3 Å². The normalized spacial score (nSPS) is 22.8. The van der Waals surface area contributed by atoms with Crippen molar-refractivity contribution in [3.05, 3.63) is 65.2 Å². The average molecular weight is 522 g/mol. The molecule has 2 aromatic carbocycles. The van der Waals surface area contributed by atoms with Gasteiger partial charge in [-0.05, 0) is 36.2 Å². The lowest BCUT2D eigenvalue weighted by atomic mass is 10.0. The summed E-state index contributed by atoms with van der Waals surface area (Å²) >= 11 is 6.57. The molecule has 4 atom stereocenters. The molecular formula is C27H24ClN3O6. The molecule has 4 unspecified atom stereocenters. The molecular weight excluding hydrogens is 498 g/mol. The number of imidazole rings is 1. The second kappa shape index (κ2) is 9.75. The number of aromatic amines is 1. The Balaban J connectivity index is 1.20. The minimum absolute atomic E-state index is 0.230. The molecule has 0 spiro atoms. The zero-order chi connectivity index (χ0) is 25.5. The number of hydrogen-bond acceptors (Lipinski definition) is 8. The molecule has 0 aliphatic carbocycles. The van der Waals surface area contributed by atoms with Crippen molar-refractivity contribution in [1.82, 2.24) is 15.0 Å². The van der Waals surface area contributed by atoms with E-state index in [0.29, 0.717) is 40.7 Å². The van der Waals surface area contributed by atoms with Crippen molar-refractivity contribution in [3.63, 3.8) is 0 Å². The van der Waals surface area contributed by atoms with E-state index in [1.165, 1.54) is 0 Å². The van der Waals surface area contributed by atoms with Gasteiger partial charge >= 0.3 is 5.97 Å². The highest BCUT2D eigenvalue weighted by Crippen LogP contribution is 2.33. The van der Waals surface area contributed by atoms with E-state index in [0.717, 1.165) is 16.7 Å². The van der Waals surface area contributed by atoms with Crippen LogP contribution in [-0.4, -0.2) is 70.3 Å². The van der Waals surface area contributed by atoms with Gasteiger partial charge in [0.05, 0.1) is 41.6 Å². The Morgan fingerprint density at radius 3 is 2.43 bits per heavy atom. The maximum absolute atomic E-state index is 11.9. The van der Waals surface area contributed by atoms with Gasteiger partial charge in [-0.1, -0.05) is 48.0 Å². The third-order valence-electron chi connectivity index (χ3n) is 6.54. The van der Waals surface area contributed by atoms with Crippen LogP contribution in [0.3, 0.4) is 0 Å². The Hall–Kier alpha value is -3.50. The van der Waals surface area contributed by atoms with Gasteiger partial charge < -0.3 is 29.0 Å². The van der Waals surface area contributed by atoms with E-state index in [4.69, 9.17) is 30.5 Å². The summed E-state index contributed by atoms with van der Waals surface area (Å²) in [5.41, 5.74) is 5.03. The summed E-state index contributed by atoms with van der Waals surface area (Å²) in [6.07, 6.45) is -1.74. The fraction of sp³-hybridized carbons (Fsp3) is 0.296. The number of aromatic nitrogens is 3. The molecule has 0 bridgehead atoms. The SMILES string of the molecule is CCOC(=O)c1ccc(-c2ccc(-c3nc4nc(OC5COC6C(O)COC56)[nH]c4cc3Cl)cc2)cc1. The van der Waals surface area contributed by atoms with Gasteiger partial charge in [0.2, 0.25) is 0 Å². The Kier molecular flexibility index (Phi) is 6.29. The minimum Gasteiger partial charge on any atom is -0.462 e. The number of carbonyl (C=O) groups is 1. The molecule has 2 aromatic heterocycles. The van der Waals surface area contributed by atoms with Crippen LogP contribution in [0.4, 0.5) is 0 Å². The van der Waals surface area contributed by atoms with Crippen LogP contribution < -0.4 is 4.74 Å². The van der Waals surface area contributed by atoms with Crippen molar-refractivity contribution in [3.8, 4) is 28.4 Å². The number of aliphatic hydroxyl groups is 1. The smallest absolute Gasteiger partial charge is 0.338 e. The van der Waals surface area contributed by atoms with Gasteiger partial charge in [0, 0.05) is 5.56 Å². The first-order valence-electron chi connectivity index (χ1n) is 12.0. The molecule has 6 rings (SSSR count). The Morgan fingerprint density at radius 2 is 1.70 bits per heavy atom. The molecule has 2 saturated heterocycles. The second-order valence-electron chi connectivity index (χ2n) is 8.93. The van der Waals surface area contributed by atoms with Gasteiger partial charge in [-0.2, -0.15) is 4.98 Å². The van der Waals surface area contributed by atoms with Gasteiger partial charge in [-0.3, -0.25) is 0 Å². The number of esters is 1. The topological polar surface area (TPSA) is 116 Å². The summed E-state index contributed by atoms with van der Waals surface area (Å²) in [7, 11) is 0. The van der Waals surface area contributed by atoms with Crippen LogP contribution in [0.2, 0.25) is 5.02 Å². The number of fused-ring (bicyclic) bond motifs is 2. The van der Waals surface area contributed by atoms with E-state index in [2.05, 4.69) is 15.0 Å². The van der Waals surface area contributed by atoms with Crippen LogP contribution in [0.15, 0.2) is 54.6 Å². The lowest BCUT2D eigenvalue weighted by Crippen LogP contribution is -2.34. The second-order valence-corrected chi connectivity index (χ2v) is 9.33. The number of rotatable bonds is 6. The van der Waals surface area contributed by atoms with Gasteiger partial charge in [0.15, 0.2) is 11.8 Å². The van der Waals surface area contributed by atoms with Gasteiger partial charge in [-0.15, -0.1) is 0 Å². The van der Waals surface area contributed by atoms with Crippen molar-refractivity contribution >= 4 is 28.7 Å². The lowest BCUT2D eigenvalue weighted by molar-refractivity contribution is 0.00706. The highest BCUT2D eigenvalue weighted by molar-refractivity contribution is 6.33. The Morgan fingerprint density at radius 1 is 1.03 bits per heavy atom. The quantitative estimate of drug-likeness (QED) is 0.365. The Labute approximate surface area is 217 Å². The standard InChI is InChI=1S/C27H24ClN3O6/c1-2-34-26(33)17-9-5-15(6-10-17)14-3-7-16(8-4-14)22-18(28)11-19-25(30-22)31-27(29-19)37-21-13-36-23-20(32)12-35-24(21)23/h3-11,20-21,23-24,32H,2,12-13H2,1H3,(H,29,30,31). The van der Waals surface area contributed by atoms with Crippen molar-refractivity contribution in [2.24, 2.45) is 0 Å². The minimum atomic E-state index is -0.646. The zero-order valence-corrected chi connectivity index (χ0v) is 20.6. The highest BCUT2D eigenvalue weighted by Gasteiger charge is 2.48. The number of nitrogens with one attached hydrogen (secondary N) is 1. The predicted octanol–water partition coefficient (Wildman–Crippen LogP) is 4.03. The van der Waals surface area contributed by atoms with Gasteiger partial charge in [-0.25, -0.2) is 9.78 Å². The van der Waals surface area contributed by atoms with Crippen LogP contribution in [-0.2, 0) is 14.2 Å². The lowest BCUT2D eigenvalue weighted by Gasteiger charge is -2.15. The molecule has 4 aromatic rings. The molecule has 0 amide bonds. The van der Waals surface area contributed by atoms with E-state index in [1.807, 2.05) is 36.4 Å². The number of carbonyl (C=O) groups excluding carboxylic acids is 1. The molecule has 2 fully saturated rings. The third kappa shape index (κ3) is 4.55. The number of halogens is 1. The van der Waals surface area contributed by atoms with E-state index in [1.54, 1.807) is 25.1 Å². The first kappa shape index (κ1) is 23.9. The van der Waals surface area contributed by atoms with E-state index < -0.39 is 6.10 Å². The number of aliphatic hydroxyl groups excluding tert-OH is 1. The van der Waals surface area contributed by atoms with Crippen molar-refractivity contribution in [1.29, 1.82) is 0 Å². The van der Waals surface area contributed by atoms with Gasteiger partial charge in [0.25, 0.3) is 6.01 Å². The summed E-state index contributed by atoms with van der Waals surface area (Å²) in [5, 5.41) is 10.4. The molecule has 2 aliphatic rings. The summed E-state index contributed by atoms with van der Waals surface area (Å²) < 4.78 is 22.2. The summed E-state index contributed by atoms with van der Waals surface area (Å²) in [6.45, 7) is 2.66. The molecule has 2 aliphatic heterocycles. The number of nitrogens with zero attached hydrogens (tertiary/aromatic N) is 2. The molecule has 37 heavy (non-hydrogen) atoms. The number of hydrogen-bond donors (Lipinski definition) is 2. The maximum atomic E-state index is 11.9. The fourth-order valence-electron chi connectivity index (χ4n) is 4.68. The molecule has 0 saturated carbocycles. The van der Waals surface area contributed by atoms with Crippen LogP contribution in [0.25, 0.3) is 33.5 Å². The van der Waals surface area contributed by atoms with E-state index >= 15 is 0 Å². The summed E-state index contributed by atoms with van der Waals surface area (Å²) in [4.78, 5) is 24.1. The molecule has 9 nitrogen and oxygen atoms in total. The number of benzene rings is 2.